The van der Waals surface area contributed by atoms with Gasteiger partial charge in [0.25, 0.3) is 0 Å². The number of hydrogen-bond donors (Lipinski definition) is 0. The highest BCUT2D eigenvalue weighted by Gasteiger charge is 2.24. The number of nitrogens with zero attached hydrogens (tertiary/aromatic N) is 3. The van der Waals surface area contributed by atoms with Crippen molar-refractivity contribution in [3.05, 3.63) is 200 Å². The van der Waals surface area contributed by atoms with Crippen LogP contribution in [0.15, 0.2) is 200 Å². The van der Waals surface area contributed by atoms with E-state index < -0.39 is 0 Å². The summed E-state index contributed by atoms with van der Waals surface area (Å²) in [5.41, 5.74) is 16.3. The Morgan fingerprint density at radius 2 is 0.948 bits per heavy atom. The average molecular weight is 736 g/mol. The highest BCUT2D eigenvalue weighted by Crippen LogP contribution is 2.48. The maximum Gasteiger partial charge on any atom is 0.0800 e. The normalized spacial score (nSPS) is 12.1. The maximum atomic E-state index is 5.38. The van der Waals surface area contributed by atoms with Crippen LogP contribution >= 0.6 is 0 Å². The molecule has 0 fully saturated rings. The van der Waals surface area contributed by atoms with Crippen molar-refractivity contribution in [2.45, 2.75) is 0 Å². The first kappa shape index (κ1) is 31.5. The second kappa shape index (κ2) is 11.9. The van der Waals surface area contributed by atoms with Gasteiger partial charge in [0.05, 0.1) is 33.5 Å². The Bertz CT molecular complexity index is 3680. The molecule has 58 heavy (non-hydrogen) atoms. The van der Waals surface area contributed by atoms with Gasteiger partial charge in [0.2, 0.25) is 0 Å². The second-order valence-electron chi connectivity index (χ2n) is 15.5. The van der Waals surface area contributed by atoms with Crippen LogP contribution in [0.4, 0.5) is 0 Å². The molecular formula is C55H33N3. The number of aromatic nitrogens is 3. The smallest absolute Gasteiger partial charge is 0.0800 e. The van der Waals surface area contributed by atoms with Gasteiger partial charge in [-0.15, -0.1) is 0 Å². The van der Waals surface area contributed by atoms with Crippen LogP contribution in [0.3, 0.4) is 0 Å². The summed E-state index contributed by atoms with van der Waals surface area (Å²) in [6.45, 7) is 0. The molecule has 0 amide bonds. The van der Waals surface area contributed by atoms with Crippen LogP contribution in [0.2, 0.25) is 0 Å². The molecule has 0 aliphatic heterocycles. The van der Waals surface area contributed by atoms with Crippen LogP contribution in [0, 0.1) is 0 Å². The van der Waals surface area contributed by atoms with Gasteiger partial charge in [0, 0.05) is 49.4 Å². The fourth-order valence-electron chi connectivity index (χ4n) is 9.95. The first-order valence-corrected chi connectivity index (χ1v) is 20.0. The van der Waals surface area contributed by atoms with Gasteiger partial charge in [-0.1, -0.05) is 140 Å². The molecule has 0 atom stereocenters. The predicted molar refractivity (Wildman–Crippen MR) is 243 cm³/mol. The lowest BCUT2D eigenvalue weighted by Gasteiger charge is -2.14. The Morgan fingerprint density at radius 3 is 1.81 bits per heavy atom. The molecule has 0 spiro atoms. The van der Waals surface area contributed by atoms with Crippen LogP contribution in [0.25, 0.3) is 121 Å². The molecule has 3 heteroatoms. The molecule has 0 radical (unpaired) electrons. The van der Waals surface area contributed by atoms with Crippen LogP contribution in [0.1, 0.15) is 0 Å². The highest BCUT2D eigenvalue weighted by atomic mass is 15.0. The minimum atomic E-state index is 0.980. The number of hydrogen-bond acceptors (Lipinski definition) is 1. The summed E-state index contributed by atoms with van der Waals surface area (Å²) in [4.78, 5) is 5.38. The fraction of sp³-hybridized carbons (Fsp3) is 0. The average Bonchev–Trinajstić information content (AvgIpc) is 3.93. The summed E-state index contributed by atoms with van der Waals surface area (Å²) in [5, 5.41) is 9.97. The zero-order valence-corrected chi connectivity index (χ0v) is 31.4. The van der Waals surface area contributed by atoms with Gasteiger partial charge >= 0.3 is 0 Å². The molecule has 0 N–H and O–H groups in total. The van der Waals surface area contributed by atoms with Crippen molar-refractivity contribution in [2.75, 3.05) is 0 Å². The maximum absolute atomic E-state index is 5.38. The van der Waals surface area contributed by atoms with E-state index in [1.165, 1.54) is 93.0 Å². The quantitative estimate of drug-likeness (QED) is 0.176. The van der Waals surface area contributed by atoms with E-state index in [0.29, 0.717) is 0 Å². The zero-order chi connectivity index (χ0) is 37.9. The number of pyridine rings is 1. The minimum Gasteiger partial charge on any atom is -0.309 e. The third-order valence-corrected chi connectivity index (χ3v) is 12.4. The molecule has 9 aromatic carbocycles. The van der Waals surface area contributed by atoms with Crippen molar-refractivity contribution in [3.63, 3.8) is 0 Å². The van der Waals surface area contributed by atoms with Crippen LogP contribution in [-0.2, 0) is 0 Å². The lowest BCUT2D eigenvalue weighted by atomic mass is 9.94. The van der Waals surface area contributed by atoms with Gasteiger partial charge in [-0.3, -0.25) is 0 Å². The molecule has 0 saturated heterocycles. The first-order valence-electron chi connectivity index (χ1n) is 20.0. The Labute approximate surface area is 334 Å². The summed E-state index contributed by atoms with van der Waals surface area (Å²) in [5.74, 6) is 0. The molecule has 0 bridgehead atoms. The topological polar surface area (TPSA) is 22.8 Å². The van der Waals surface area contributed by atoms with Gasteiger partial charge in [-0.05, 0) is 99.1 Å². The third kappa shape index (κ3) is 4.36. The fourth-order valence-corrected chi connectivity index (χ4v) is 9.95. The standard InChI is InChI=1S/C55H33N3/c1-2-16-37(17-3-1)57-49-26-10-8-21-41(49)47-31-34(28-29-51(47)57)46-33-52-54(43-22-6-4-20-40(43)46)45-24-9-11-27-50(45)58(52)38-18-12-14-35(30-38)48-32-36-15-13-25-42-39-19-5-7-23-44(39)55(56-48)53(36)42/h1-33H. The minimum absolute atomic E-state index is 0.980. The van der Waals surface area contributed by atoms with Crippen molar-refractivity contribution in [3.8, 4) is 56.1 Å². The molecular weight excluding hydrogens is 703 g/mol. The van der Waals surface area contributed by atoms with Crippen LogP contribution in [-0.4, -0.2) is 14.1 Å². The van der Waals surface area contributed by atoms with E-state index in [1.54, 1.807) is 0 Å². The van der Waals surface area contributed by atoms with Gasteiger partial charge in [-0.25, -0.2) is 4.98 Å². The summed E-state index contributed by atoms with van der Waals surface area (Å²) in [6, 6.07) is 73.1. The van der Waals surface area contributed by atoms with Crippen molar-refractivity contribution < 1.29 is 0 Å². The number of rotatable bonds is 4. The molecule has 1 aliphatic carbocycles. The summed E-state index contributed by atoms with van der Waals surface area (Å²) in [6.07, 6.45) is 0. The Hall–Kier alpha value is -7.75. The molecule has 0 saturated carbocycles. The number of benzene rings is 9. The van der Waals surface area contributed by atoms with Gasteiger partial charge in [-0.2, -0.15) is 0 Å². The van der Waals surface area contributed by atoms with E-state index in [4.69, 9.17) is 4.98 Å². The van der Waals surface area contributed by atoms with Crippen molar-refractivity contribution >= 4 is 65.2 Å². The van der Waals surface area contributed by atoms with E-state index in [2.05, 4.69) is 209 Å². The van der Waals surface area contributed by atoms with Crippen LogP contribution < -0.4 is 0 Å². The SMILES string of the molecule is c1ccc(-n2c3ccccc3c3cc(-c4cc5c(c6ccccc46)c4ccccc4n5-c4cccc(-c5cc6cccc7c6c(n5)-c5ccccc5-7)c4)ccc32)cc1. The lowest BCUT2D eigenvalue weighted by molar-refractivity contribution is 1.18. The monoisotopic (exact) mass is 735 g/mol. The molecule has 13 rings (SSSR count). The number of para-hydroxylation sites is 3. The van der Waals surface area contributed by atoms with Crippen molar-refractivity contribution in [1.29, 1.82) is 0 Å². The molecule has 3 aromatic heterocycles. The van der Waals surface area contributed by atoms with E-state index in [0.717, 1.165) is 28.3 Å². The number of fused-ring (bicyclic) bond motifs is 11. The van der Waals surface area contributed by atoms with E-state index in [-0.39, 0.29) is 0 Å². The van der Waals surface area contributed by atoms with Crippen molar-refractivity contribution in [1.82, 2.24) is 14.1 Å². The Balaban J connectivity index is 1.05. The van der Waals surface area contributed by atoms with Crippen LogP contribution in [0.5, 0.6) is 0 Å². The highest BCUT2D eigenvalue weighted by molar-refractivity contribution is 6.25. The predicted octanol–water partition coefficient (Wildman–Crippen LogP) is 14.6. The van der Waals surface area contributed by atoms with Gasteiger partial charge in [0.1, 0.15) is 0 Å². The molecule has 3 heterocycles. The zero-order valence-electron chi connectivity index (χ0n) is 31.4. The van der Waals surface area contributed by atoms with Gasteiger partial charge in [0.15, 0.2) is 0 Å². The summed E-state index contributed by atoms with van der Waals surface area (Å²) in [7, 11) is 0. The molecule has 12 aromatic rings. The molecule has 268 valence electrons. The first-order chi connectivity index (χ1) is 28.8. The third-order valence-electron chi connectivity index (χ3n) is 12.4. The molecule has 3 nitrogen and oxygen atoms in total. The van der Waals surface area contributed by atoms with E-state index in [9.17, 15) is 0 Å². The Kier molecular flexibility index (Phi) is 6.44. The second-order valence-corrected chi connectivity index (χ2v) is 15.5. The summed E-state index contributed by atoms with van der Waals surface area (Å²) < 4.78 is 4.84. The molecule has 0 unspecified atom stereocenters. The lowest BCUT2D eigenvalue weighted by Crippen LogP contribution is -1.96. The largest absolute Gasteiger partial charge is 0.309 e. The Morgan fingerprint density at radius 1 is 0.310 bits per heavy atom. The van der Waals surface area contributed by atoms with E-state index >= 15 is 0 Å². The van der Waals surface area contributed by atoms with E-state index in [1.807, 2.05) is 0 Å². The van der Waals surface area contributed by atoms with Gasteiger partial charge < -0.3 is 9.13 Å². The molecule has 1 aliphatic rings. The summed E-state index contributed by atoms with van der Waals surface area (Å²) >= 11 is 0. The van der Waals surface area contributed by atoms with Crippen molar-refractivity contribution in [2.24, 2.45) is 0 Å².